The molecule has 1 heterocycles. The van der Waals surface area contributed by atoms with Gasteiger partial charge in [-0.1, -0.05) is 0 Å². The van der Waals surface area contributed by atoms with E-state index in [9.17, 15) is 0 Å². The predicted octanol–water partition coefficient (Wildman–Crippen LogP) is -2.79. The number of hydrogen-bond acceptors (Lipinski definition) is 1. The summed E-state index contributed by atoms with van der Waals surface area (Å²) in [6.45, 7) is 0. The molecule has 1 rings (SSSR count). The van der Waals surface area contributed by atoms with E-state index in [1.807, 2.05) is 0 Å². The van der Waals surface area contributed by atoms with E-state index in [1.54, 1.807) is 12.3 Å². The van der Waals surface area contributed by atoms with Crippen molar-refractivity contribution in [3.63, 3.8) is 0 Å². The first kappa shape index (κ1) is 6.85. The first-order valence-electron chi connectivity index (χ1n) is 1.35. The van der Waals surface area contributed by atoms with Gasteiger partial charge in [0.25, 0.3) is 0 Å². The van der Waals surface area contributed by atoms with E-state index in [4.69, 9.17) is 0 Å². The second kappa shape index (κ2) is 4.02. The summed E-state index contributed by atoms with van der Waals surface area (Å²) in [6, 6.07) is 1.71. The van der Waals surface area contributed by atoms with Crippen LogP contribution in [0.3, 0.4) is 0 Å². The third-order valence-electron chi connectivity index (χ3n) is 0.362. The van der Waals surface area contributed by atoms with Gasteiger partial charge in [0.1, 0.15) is 0 Å². The minimum absolute atomic E-state index is 0. The van der Waals surface area contributed by atoms with Gasteiger partial charge in [0.05, 0.1) is 0 Å². The molecule has 1 N–H and O–H groups in total. The van der Waals surface area contributed by atoms with Crippen LogP contribution in [-0.2, 0) is 0 Å². The zero-order valence-electron chi connectivity index (χ0n) is 3.60. The van der Waals surface area contributed by atoms with Crippen LogP contribution in [0, 0.1) is 6.20 Å². The molecule has 6 heavy (non-hydrogen) atoms. The summed E-state index contributed by atoms with van der Waals surface area (Å²) in [6.07, 6.45) is 4.26. The van der Waals surface area contributed by atoms with Crippen LogP contribution in [0.2, 0.25) is 0 Å². The third-order valence-corrected chi connectivity index (χ3v) is 0.362. The SMILES string of the molecule is [K+].[c-]1ccn[nH]1. The summed E-state index contributed by atoms with van der Waals surface area (Å²) in [5, 5.41) is 6.03. The first-order valence-corrected chi connectivity index (χ1v) is 1.35. The molecular weight excluding hydrogens is 103 g/mol. The van der Waals surface area contributed by atoms with E-state index < -0.39 is 0 Å². The molecule has 0 amide bonds. The Morgan fingerprint density at radius 2 is 2.50 bits per heavy atom. The van der Waals surface area contributed by atoms with Crippen LogP contribution in [0.5, 0.6) is 0 Å². The topological polar surface area (TPSA) is 28.7 Å². The number of hydrogen-bond donors (Lipinski definition) is 1. The van der Waals surface area contributed by atoms with Crippen LogP contribution in [0.4, 0.5) is 0 Å². The van der Waals surface area contributed by atoms with Gasteiger partial charge in [-0.05, 0) is 0 Å². The Labute approximate surface area is 78.8 Å². The van der Waals surface area contributed by atoms with Crippen LogP contribution < -0.4 is 51.4 Å². The minimum Gasteiger partial charge on any atom is -0.390 e. The summed E-state index contributed by atoms with van der Waals surface area (Å²) in [5.41, 5.74) is 0. The van der Waals surface area contributed by atoms with E-state index in [1.165, 1.54) is 0 Å². The Hall–Kier alpha value is 0.846. The molecule has 2 nitrogen and oxygen atoms in total. The maximum absolute atomic E-state index is 3.54. The van der Waals surface area contributed by atoms with Gasteiger partial charge in [0, 0.05) is 0 Å². The van der Waals surface area contributed by atoms with Gasteiger partial charge in [-0.3, -0.25) is 0 Å². The van der Waals surface area contributed by atoms with Crippen molar-refractivity contribution < 1.29 is 51.4 Å². The number of aromatic nitrogens is 2. The first-order chi connectivity index (χ1) is 2.50. The Balaban J connectivity index is 0.000000250. The molecule has 0 radical (unpaired) electrons. The molecule has 0 saturated carbocycles. The number of nitrogens with one attached hydrogen (secondary N) is 1. The fraction of sp³-hybridized carbons (Fsp3) is 0. The summed E-state index contributed by atoms with van der Waals surface area (Å²) in [5.74, 6) is 0. The Morgan fingerprint density at radius 1 is 1.67 bits per heavy atom. The summed E-state index contributed by atoms with van der Waals surface area (Å²) >= 11 is 0. The van der Waals surface area contributed by atoms with Gasteiger partial charge in [0.2, 0.25) is 0 Å². The van der Waals surface area contributed by atoms with Gasteiger partial charge >= 0.3 is 51.4 Å². The van der Waals surface area contributed by atoms with Crippen molar-refractivity contribution in [2.24, 2.45) is 0 Å². The van der Waals surface area contributed by atoms with Gasteiger partial charge in [0.15, 0.2) is 0 Å². The Bertz CT molecular complexity index is 65.3. The molecule has 0 unspecified atom stereocenters. The zero-order chi connectivity index (χ0) is 3.54. The molecule has 0 aromatic carbocycles. The quantitative estimate of drug-likeness (QED) is 0.281. The van der Waals surface area contributed by atoms with E-state index in [0.717, 1.165) is 0 Å². The second-order valence-corrected chi connectivity index (χ2v) is 0.701. The van der Waals surface area contributed by atoms with Crippen LogP contribution >= 0.6 is 0 Å². The molecule has 1 aromatic rings. The molecule has 3 heteroatoms. The van der Waals surface area contributed by atoms with Crippen molar-refractivity contribution in [2.45, 2.75) is 0 Å². The summed E-state index contributed by atoms with van der Waals surface area (Å²) in [4.78, 5) is 0. The van der Waals surface area contributed by atoms with E-state index >= 15 is 0 Å². The van der Waals surface area contributed by atoms with Crippen LogP contribution in [-0.4, -0.2) is 10.2 Å². The van der Waals surface area contributed by atoms with Crippen LogP contribution in [0.25, 0.3) is 0 Å². The average Bonchev–Trinajstić information content (AvgIpc) is 1.76. The van der Waals surface area contributed by atoms with Crippen molar-refractivity contribution in [1.82, 2.24) is 10.2 Å². The number of nitrogens with zero attached hydrogens (tertiary/aromatic N) is 1. The van der Waals surface area contributed by atoms with Crippen molar-refractivity contribution in [2.75, 3.05) is 0 Å². The zero-order valence-corrected chi connectivity index (χ0v) is 6.73. The number of H-pyrrole nitrogens is 1. The molecule has 0 aliphatic heterocycles. The summed E-state index contributed by atoms with van der Waals surface area (Å²) < 4.78 is 0. The summed E-state index contributed by atoms with van der Waals surface area (Å²) in [7, 11) is 0. The van der Waals surface area contributed by atoms with Crippen molar-refractivity contribution in [1.29, 1.82) is 0 Å². The van der Waals surface area contributed by atoms with E-state index in [0.29, 0.717) is 0 Å². The normalized spacial score (nSPS) is 6.67. The van der Waals surface area contributed by atoms with Crippen LogP contribution in [0.15, 0.2) is 12.3 Å². The number of rotatable bonds is 0. The number of aromatic amines is 1. The molecule has 0 aliphatic rings. The molecule has 0 aliphatic carbocycles. The molecule has 0 bridgehead atoms. The monoisotopic (exact) mass is 106 g/mol. The van der Waals surface area contributed by atoms with E-state index in [2.05, 4.69) is 16.4 Å². The molecule has 1 aromatic heterocycles. The predicted molar refractivity (Wildman–Crippen MR) is 17.4 cm³/mol. The largest absolute Gasteiger partial charge is 1.00 e. The van der Waals surface area contributed by atoms with Crippen LogP contribution in [0.1, 0.15) is 0 Å². The van der Waals surface area contributed by atoms with E-state index in [-0.39, 0.29) is 51.4 Å². The molecule has 0 atom stereocenters. The van der Waals surface area contributed by atoms with Crippen molar-refractivity contribution in [3.8, 4) is 0 Å². The third kappa shape index (κ3) is 2.10. The smallest absolute Gasteiger partial charge is 0.390 e. The van der Waals surface area contributed by atoms with Crippen molar-refractivity contribution in [3.05, 3.63) is 18.5 Å². The van der Waals surface area contributed by atoms with Gasteiger partial charge in [-0.15, -0.1) is 6.20 Å². The molecule has 26 valence electrons. The minimum atomic E-state index is 0. The Morgan fingerprint density at radius 3 is 2.67 bits per heavy atom. The van der Waals surface area contributed by atoms with Gasteiger partial charge in [-0.25, -0.2) is 0 Å². The van der Waals surface area contributed by atoms with Gasteiger partial charge < -0.3 is 10.2 Å². The maximum Gasteiger partial charge on any atom is 1.00 e. The molecule has 0 fully saturated rings. The fourth-order valence-electron chi connectivity index (χ4n) is 0.186. The Kier molecular flexibility index (Phi) is 4.58. The molecule has 0 saturated heterocycles. The molecular formula is C3H3KN2. The van der Waals surface area contributed by atoms with Gasteiger partial charge in [-0.2, -0.15) is 12.3 Å². The average molecular weight is 106 g/mol. The molecule has 0 spiro atoms. The fourth-order valence-corrected chi connectivity index (χ4v) is 0.186. The standard InChI is InChI=1S/C3H3N2.K/c1-2-4-5-3-1;/h1-2H,(H,4,5);/q-1;+1. The van der Waals surface area contributed by atoms with Crippen molar-refractivity contribution >= 4 is 0 Å². The second-order valence-electron chi connectivity index (χ2n) is 0.701. The maximum atomic E-state index is 3.54.